The van der Waals surface area contributed by atoms with Crippen molar-refractivity contribution in [1.29, 1.82) is 0 Å². The Labute approximate surface area is 202 Å². The Hall–Kier alpha value is -1.62. The summed E-state index contributed by atoms with van der Waals surface area (Å²) in [6.45, 7) is 6.89. The lowest BCUT2D eigenvalue weighted by molar-refractivity contribution is -0.127. The molecule has 7 nitrogen and oxygen atoms in total. The molecule has 0 saturated carbocycles. The SMILES string of the molecule is CCC(C)NC(=NCC(=O)N(C)C)NC1CCN(Cc2ccc(OC)c(F)c2)CC1.I. The van der Waals surface area contributed by atoms with E-state index in [-0.39, 0.29) is 54.0 Å². The fourth-order valence-corrected chi connectivity index (χ4v) is 3.25. The minimum atomic E-state index is -0.323. The molecule has 1 amide bonds. The van der Waals surface area contributed by atoms with Crippen LogP contribution in [0, 0.1) is 5.82 Å². The van der Waals surface area contributed by atoms with E-state index in [9.17, 15) is 9.18 Å². The van der Waals surface area contributed by atoms with Gasteiger partial charge in [0.1, 0.15) is 6.54 Å². The highest BCUT2D eigenvalue weighted by atomic mass is 127. The van der Waals surface area contributed by atoms with Gasteiger partial charge in [-0.15, -0.1) is 24.0 Å². The average molecular weight is 549 g/mol. The summed E-state index contributed by atoms with van der Waals surface area (Å²) in [5, 5.41) is 6.87. The number of rotatable bonds is 8. The van der Waals surface area contributed by atoms with E-state index in [4.69, 9.17) is 4.74 Å². The number of guanidine groups is 1. The van der Waals surface area contributed by atoms with Gasteiger partial charge in [0, 0.05) is 45.8 Å². The second-order valence-electron chi connectivity index (χ2n) is 8.07. The van der Waals surface area contributed by atoms with Gasteiger partial charge in [-0.1, -0.05) is 13.0 Å². The van der Waals surface area contributed by atoms with Crippen molar-refractivity contribution in [2.75, 3.05) is 40.8 Å². The number of nitrogens with zero attached hydrogens (tertiary/aromatic N) is 3. The first-order valence-corrected chi connectivity index (χ1v) is 10.6. The Balaban J connectivity index is 0.00000480. The Morgan fingerprint density at radius 2 is 2.03 bits per heavy atom. The zero-order chi connectivity index (χ0) is 22.1. The first-order valence-electron chi connectivity index (χ1n) is 10.6. The fourth-order valence-electron chi connectivity index (χ4n) is 3.25. The van der Waals surface area contributed by atoms with Gasteiger partial charge in [0.15, 0.2) is 17.5 Å². The number of methoxy groups -OCH3 is 1. The molecule has 0 aromatic heterocycles. The van der Waals surface area contributed by atoms with Crippen LogP contribution in [0.5, 0.6) is 5.75 Å². The fraction of sp³-hybridized carbons (Fsp3) is 0.636. The zero-order valence-electron chi connectivity index (χ0n) is 19.3. The van der Waals surface area contributed by atoms with Gasteiger partial charge in [-0.3, -0.25) is 9.69 Å². The summed E-state index contributed by atoms with van der Waals surface area (Å²) in [6.07, 6.45) is 2.89. The maximum absolute atomic E-state index is 13.9. The van der Waals surface area contributed by atoms with Crippen molar-refractivity contribution >= 4 is 35.8 Å². The van der Waals surface area contributed by atoms with Gasteiger partial charge in [-0.2, -0.15) is 0 Å². The van der Waals surface area contributed by atoms with E-state index in [1.54, 1.807) is 31.1 Å². The lowest BCUT2D eigenvalue weighted by Gasteiger charge is -2.33. The number of carbonyl (C=O) groups is 1. The number of nitrogens with one attached hydrogen (secondary N) is 2. The van der Waals surface area contributed by atoms with Crippen molar-refractivity contribution in [1.82, 2.24) is 20.4 Å². The molecular formula is C22H37FIN5O2. The molecule has 31 heavy (non-hydrogen) atoms. The van der Waals surface area contributed by atoms with E-state index in [1.807, 2.05) is 6.07 Å². The molecular weight excluding hydrogens is 512 g/mol. The van der Waals surface area contributed by atoms with Gasteiger partial charge in [-0.25, -0.2) is 9.38 Å². The van der Waals surface area contributed by atoms with Crippen LogP contribution in [0.15, 0.2) is 23.2 Å². The number of ether oxygens (including phenoxy) is 1. The van der Waals surface area contributed by atoms with Gasteiger partial charge >= 0.3 is 0 Å². The summed E-state index contributed by atoms with van der Waals surface area (Å²) in [7, 11) is 4.94. The third-order valence-electron chi connectivity index (χ3n) is 5.42. The molecule has 9 heteroatoms. The molecule has 1 atom stereocenters. The number of halogens is 2. The highest BCUT2D eigenvalue weighted by Crippen LogP contribution is 2.20. The van der Waals surface area contributed by atoms with Crippen LogP contribution >= 0.6 is 24.0 Å². The molecule has 2 rings (SSSR count). The van der Waals surface area contributed by atoms with Gasteiger partial charge < -0.3 is 20.3 Å². The molecule has 1 aliphatic rings. The first kappa shape index (κ1) is 27.4. The average Bonchev–Trinajstić information content (AvgIpc) is 2.73. The molecule has 1 heterocycles. The lowest BCUT2D eigenvalue weighted by Crippen LogP contribution is -2.50. The van der Waals surface area contributed by atoms with E-state index in [0.29, 0.717) is 12.0 Å². The summed E-state index contributed by atoms with van der Waals surface area (Å²) in [5.74, 6) is 0.614. The molecule has 0 spiro atoms. The molecule has 2 N–H and O–H groups in total. The minimum Gasteiger partial charge on any atom is -0.494 e. The number of piperidine rings is 1. The van der Waals surface area contributed by atoms with Crippen LogP contribution in [0.2, 0.25) is 0 Å². The van der Waals surface area contributed by atoms with Gasteiger partial charge in [0.2, 0.25) is 5.91 Å². The normalized spacial score (nSPS) is 16.3. The number of likely N-dealkylation sites (N-methyl/N-ethyl adjacent to an activating group) is 1. The molecule has 0 aliphatic carbocycles. The standard InChI is InChI=1S/C22H36FN5O2.HI/c1-6-16(2)25-22(24-14-21(29)27(3)4)26-18-9-11-28(12-10-18)15-17-7-8-20(30-5)19(23)13-17;/h7-8,13,16,18H,6,9-12,14-15H2,1-5H3,(H2,24,25,26);1H. The molecule has 0 radical (unpaired) electrons. The number of likely N-dealkylation sites (tertiary alicyclic amines) is 1. The first-order chi connectivity index (χ1) is 14.3. The summed E-state index contributed by atoms with van der Waals surface area (Å²) >= 11 is 0. The van der Waals surface area contributed by atoms with E-state index >= 15 is 0 Å². The van der Waals surface area contributed by atoms with E-state index in [1.165, 1.54) is 7.11 Å². The van der Waals surface area contributed by atoms with Crippen molar-refractivity contribution in [3.8, 4) is 5.75 Å². The maximum Gasteiger partial charge on any atom is 0.243 e. The molecule has 176 valence electrons. The maximum atomic E-state index is 13.9. The number of amides is 1. The largest absolute Gasteiger partial charge is 0.494 e. The number of aliphatic imine (C=N–C) groups is 1. The van der Waals surface area contributed by atoms with Crippen molar-refractivity contribution < 1.29 is 13.9 Å². The van der Waals surface area contributed by atoms with Gasteiger partial charge in [0.05, 0.1) is 7.11 Å². The molecule has 1 fully saturated rings. The molecule has 1 aromatic rings. The van der Waals surface area contributed by atoms with Crippen LogP contribution < -0.4 is 15.4 Å². The van der Waals surface area contributed by atoms with E-state index in [0.717, 1.165) is 44.5 Å². The van der Waals surface area contributed by atoms with Crippen LogP contribution in [-0.4, -0.2) is 74.6 Å². The summed E-state index contributed by atoms with van der Waals surface area (Å²) in [6, 6.07) is 5.70. The second-order valence-corrected chi connectivity index (χ2v) is 8.07. The smallest absolute Gasteiger partial charge is 0.243 e. The Bertz CT molecular complexity index is 724. The number of benzene rings is 1. The predicted octanol–water partition coefficient (Wildman–Crippen LogP) is 2.84. The summed E-state index contributed by atoms with van der Waals surface area (Å²) < 4.78 is 18.9. The Kier molecular flexibility index (Phi) is 12.1. The summed E-state index contributed by atoms with van der Waals surface area (Å²) in [4.78, 5) is 20.2. The number of carbonyl (C=O) groups excluding carboxylic acids is 1. The summed E-state index contributed by atoms with van der Waals surface area (Å²) in [5.41, 5.74) is 0.947. The molecule has 1 aromatic carbocycles. The quantitative estimate of drug-likeness (QED) is 0.297. The minimum absolute atomic E-state index is 0. The molecule has 0 bridgehead atoms. The second kappa shape index (κ2) is 13.7. The van der Waals surface area contributed by atoms with Gasteiger partial charge in [-0.05, 0) is 43.9 Å². The topological polar surface area (TPSA) is 69.2 Å². The van der Waals surface area contributed by atoms with Crippen molar-refractivity contribution in [3.63, 3.8) is 0 Å². The highest BCUT2D eigenvalue weighted by molar-refractivity contribution is 14.0. The number of hydrogen-bond acceptors (Lipinski definition) is 4. The van der Waals surface area contributed by atoms with Crippen LogP contribution in [0.3, 0.4) is 0 Å². The molecule has 1 saturated heterocycles. The van der Waals surface area contributed by atoms with Crippen molar-refractivity contribution in [2.45, 2.75) is 51.7 Å². The van der Waals surface area contributed by atoms with Crippen LogP contribution in [0.1, 0.15) is 38.7 Å². The molecule has 1 aliphatic heterocycles. The third kappa shape index (κ3) is 9.18. The van der Waals surface area contributed by atoms with Gasteiger partial charge in [0.25, 0.3) is 0 Å². The Morgan fingerprint density at radius 3 is 2.58 bits per heavy atom. The van der Waals surface area contributed by atoms with E-state index in [2.05, 4.69) is 34.4 Å². The monoisotopic (exact) mass is 549 g/mol. The van der Waals surface area contributed by atoms with E-state index < -0.39 is 0 Å². The number of hydrogen-bond donors (Lipinski definition) is 2. The lowest BCUT2D eigenvalue weighted by atomic mass is 10.0. The predicted molar refractivity (Wildman–Crippen MR) is 134 cm³/mol. The highest BCUT2D eigenvalue weighted by Gasteiger charge is 2.21. The van der Waals surface area contributed by atoms with Crippen LogP contribution in [0.4, 0.5) is 4.39 Å². The van der Waals surface area contributed by atoms with Crippen LogP contribution in [-0.2, 0) is 11.3 Å². The van der Waals surface area contributed by atoms with Crippen molar-refractivity contribution in [3.05, 3.63) is 29.6 Å². The zero-order valence-corrected chi connectivity index (χ0v) is 21.6. The van der Waals surface area contributed by atoms with Crippen LogP contribution in [0.25, 0.3) is 0 Å². The molecule has 1 unspecified atom stereocenters. The van der Waals surface area contributed by atoms with Crippen molar-refractivity contribution in [2.24, 2.45) is 4.99 Å². The third-order valence-corrected chi connectivity index (χ3v) is 5.42. The Morgan fingerprint density at radius 1 is 1.35 bits per heavy atom.